The Balaban J connectivity index is 1.47. The summed E-state index contributed by atoms with van der Waals surface area (Å²) in [4.78, 5) is 22.8. The summed E-state index contributed by atoms with van der Waals surface area (Å²) in [6, 6.07) is 6.76. The number of fused-ring (bicyclic) bond motifs is 3. The van der Waals surface area contributed by atoms with Gasteiger partial charge in [-0.15, -0.1) is 0 Å². The Kier molecular flexibility index (Phi) is 4.73. The molecule has 6 nitrogen and oxygen atoms in total. The Hall–Kier alpha value is -2.93. The lowest BCUT2D eigenvalue weighted by Crippen LogP contribution is -2.34. The number of benzene rings is 1. The first-order valence-electron chi connectivity index (χ1n) is 10.9. The Morgan fingerprint density at radius 3 is 2.84 bits per heavy atom. The van der Waals surface area contributed by atoms with Crippen LogP contribution in [0.15, 0.2) is 24.3 Å². The summed E-state index contributed by atoms with van der Waals surface area (Å²) in [5.74, 6) is 0.475. The number of anilines is 1. The highest BCUT2D eigenvalue weighted by Crippen LogP contribution is 2.41. The number of halogens is 1. The third-order valence-corrected chi connectivity index (χ3v) is 6.65. The number of aromatic amines is 1. The van der Waals surface area contributed by atoms with E-state index >= 15 is 0 Å². The molecule has 1 amide bonds. The fourth-order valence-electron chi connectivity index (χ4n) is 4.72. The van der Waals surface area contributed by atoms with Crippen LogP contribution in [0.1, 0.15) is 84.4 Å². The van der Waals surface area contributed by atoms with Crippen LogP contribution in [-0.2, 0) is 11.3 Å². The summed E-state index contributed by atoms with van der Waals surface area (Å²) in [6.07, 6.45) is 2.13. The molecular formula is C24H27FN4O2. The van der Waals surface area contributed by atoms with Crippen molar-refractivity contribution in [3.8, 4) is 0 Å². The van der Waals surface area contributed by atoms with Crippen LogP contribution in [-0.4, -0.2) is 27.3 Å². The highest BCUT2D eigenvalue weighted by atomic mass is 19.1. The van der Waals surface area contributed by atoms with Crippen molar-refractivity contribution >= 4 is 22.8 Å². The monoisotopic (exact) mass is 422 g/mol. The minimum Gasteiger partial charge on any atom is -0.383 e. The predicted octanol–water partition coefficient (Wildman–Crippen LogP) is 4.98. The molecule has 1 aliphatic carbocycles. The van der Waals surface area contributed by atoms with Crippen molar-refractivity contribution in [3.63, 3.8) is 0 Å². The third-order valence-electron chi connectivity index (χ3n) is 6.65. The highest BCUT2D eigenvalue weighted by molar-refractivity contribution is 5.98. The molecule has 0 radical (unpaired) electrons. The summed E-state index contributed by atoms with van der Waals surface area (Å²) < 4.78 is 20.6. The van der Waals surface area contributed by atoms with Gasteiger partial charge in [0.1, 0.15) is 17.3 Å². The van der Waals surface area contributed by atoms with Crippen molar-refractivity contribution in [3.05, 3.63) is 58.0 Å². The molecule has 3 aromatic rings. The Bertz CT molecular complexity index is 1180. The summed E-state index contributed by atoms with van der Waals surface area (Å²) >= 11 is 0. The number of nitrogens with one attached hydrogen (secondary N) is 1. The lowest BCUT2D eigenvalue weighted by Gasteiger charge is -2.28. The third kappa shape index (κ3) is 3.28. The number of ether oxygens (including phenoxy) is 1. The molecule has 31 heavy (non-hydrogen) atoms. The smallest absolute Gasteiger partial charge is 0.270 e. The highest BCUT2D eigenvalue weighted by Gasteiger charge is 2.30. The molecule has 1 aromatic carbocycles. The number of nitrogen functional groups attached to an aromatic ring is 1. The van der Waals surface area contributed by atoms with Gasteiger partial charge in [0.25, 0.3) is 5.91 Å². The number of H-pyrrole nitrogens is 1. The van der Waals surface area contributed by atoms with Gasteiger partial charge in [0.15, 0.2) is 0 Å². The number of carbonyl (C=O) groups is 1. The first-order chi connectivity index (χ1) is 14.9. The molecule has 3 heterocycles. The van der Waals surface area contributed by atoms with Crippen molar-refractivity contribution in [2.24, 2.45) is 0 Å². The number of pyridine rings is 1. The van der Waals surface area contributed by atoms with Crippen LogP contribution in [0.25, 0.3) is 11.0 Å². The molecular weight excluding hydrogens is 395 g/mol. The van der Waals surface area contributed by atoms with E-state index in [1.165, 1.54) is 0 Å². The molecule has 1 fully saturated rings. The molecule has 0 saturated heterocycles. The molecule has 0 unspecified atom stereocenters. The number of aromatic nitrogens is 2. The van der Waals surface area contributed by atoms with Gasteiger partial charge in [-0.1, -0.05) is 12.1 Å². The van der Waals surface area contributed by atoms with Gasteiger partial charge in [0.05, 0.1) is 29.8 Å². The van der Waals surface area contributed by atoms with Crippen LogP contribution >= 0.6 is 0 Å². The minimum absolute atomic E-state index is 0.122. The van der Waals surface area contributed by atoms with Crippen LogP contribution in [0.2, 0.25) is 0 Å². The van der Waals surface area contributed by atoms with E-state index in [-0.39, 0.29) is 17.8 Å². The lowest BCUT2D eigenvalue weighted by atomic mass is 10.0. The van der Waals surface area contributed by atoms with Gasteiger partial charge in [0, 0.05) is 23.2 Å². The zero-order valence-electron chi connectivity index (χ0n) is 18.0. The lowest BCUT2D eigenvalue weighted by molar-refractivity contribution is 0.0694. The molecule has 2 atom stereocenters. The number of hydrogen-bond donors (Lipinski definition) is 2. The fourth-order valence-corrected chi connectivity index (χ4v) is 4.72. The number of amides is 1. The minimum atomic E-state index is -0.399. The zero-order valence-corrected chi connectivity index (χ0v) is 18.0. The SMILES string of the molecule is CCN(C(=O)c1cc2nc(N)c3c(c2[nH]1)CO[C@@H]3C)[C@@H](C)c1ccc(C2CC2)cc1F. The van der Waals surface area contributed by atoms with Crippen LogP contribution in [0.3, 0.4) is 0 Å². The average Bonchev–Trinajstić information content (AvgIpc) is 3.39. The molecule has 0 spiro atoms. The fraction of sp³-hybridized carbons (Fsp3) is 0.417. The summed E-state index contributed by atoms with van der Waals surface area (Å²) in [7, 11) is 0. The maximum absolute atomic E-state index is 14.9. The molecule has 2 aliphatic rings. The standard InChI is InChI=1S/C24H27FN4O2/c1-4-29(12(2)16-8-7-15(9-18(16)25)14-5-6-14)24(30)20-10-19-22(27-20)17-11-31-13(3)21(17)23(26)28-19/h7-10,12-14,27H,4-6,11H2,1-3H3,(H2,26,28)/t12-,13+/m0/s1. The van der Waals surface area contributed by atoms with E-state index < -0.39 is 6.04 Å². The molecule has 162 valence electrons. The zero-order chi connectivity index (χ0) is 21.9. The van der Waals surface area contributed by atoms with Gasteiger partial charge >= 0.3 is 0 Å². The Morgan fingerprint density at radius 2 is 2.16 bits per heavy atom. The first kappa shape index (κ1) is 20.0. The maximum Gasteiger partial charge on any atom is 0.270 e. The summed E-state index contributed by atoms with van der Waals surface area (Å²) in [5.41, 5.74) is 11.4. The van der Waals surface area contributed by atoms with Crippen molar-refractivity contribution in [2.75, 3.05) is 12.3 Å². The van der Waals surface area contributed by atoms with E-state index in [0.29, 0.717) is 41.7 Å². The van der Waals surface area contributed by atoms with Crippen LogP contribution < -0.4 is 5.73 Å². The van der Waals surface area contributed by atoms with E-state index in [0.717, 1.165) is 35.0 Å². The van der Waals surface area contributed by atoms with E-state index in [4.69, 9.17) is 10.5 Å². The largest absolute Gasteiger partial charge is 0.383 e. The van der Waals surface area contributed by atoms with Crippen molar-refractivity contribution in [1.82, 2.24) is 14.9 Å². The van der Waals surface area contributed by atoms with Gasteiger partial charge in [-0.05, 0) is 57.2 Å². The Morgan fingerprint density at radius 1 is 1.39 bits per heavy atom. The summed E-state index contributed by atoms with van der Waals surface area (Å²) in [5, 5.41) is 0. The molecule has 5 rings (SSSR count). The molecule has 0 bridgehead atoms. The van der Waals surface area contributed by atoms with Crippen LogP contribution in [0.5, 0.6) is 0 Å². The number of hydrogen-bond acceptors (Lipinski definition) is 4. The van der Waals surface area contributed by atoms with E-state index in [1.807, 2.05) is 32.9 Å². The number of nitrogens with two attached hydrogens (primary N) is 1. The second kappa shape index (κ2) is 7.34. The number of carbonyl (C=O) groups excluding carboxylic acids is 1. The van der Waals surface area contributed by atoms with Gasteiger partial charge in [-0.2, -0.15) is 0 Å². The van der Waals surface area contributed by atoms with Crippen molar-refractivity contribution in [2.45, 2.75) is 58.3 Å². The normalized spacial score (nSPS) is 18.9. The summed E-state index contributed by atoms with van der Waals surface area (Å²) in [6.45, 7) is 6.58. The van der Waals surface area contributed by atoms with Crippen molar-refractivity contribution < 1.29 is 13.9 Å². The van der Waals surface area contributed by atoms with Crippen LogP contribution in [0, 0.1) is 5.82 Å². The van der Waals surface area contributed by atoms with Crippen LogP contribution in [0.4, 0.5) is 10.2 Å². The quantitative estimate of drug-likeness (QED) is 0.608. The average molecular weight is 423 g/mol. The van der Waals surface area contributed by atoms with Gasteiger partial charge in [-0.25, -0.2) is 9.37 Å². The van der Waals surface area contributed by atoms with E-state index in [1.54, 1.807) is 17.0 Å². The maximum atomic E-state index is 14.9. The second-order valence-corrected chi connectivity index (χ2v) is 8.61. The Labute approximate surface area is 180 Å². The molecule has 7 heteroatoms. The van der Waals surface area contributed by atoms with Gasteiger partial charge in [-0.3, -0.25) is 4.79 Å². The number of rotatable bonds is 5. The van der Waals surface area contributed by atoms with Gasteiger partial charge < -0.3 is 20.4 Å². The number of nitrogens with zero attached hydrogens (tertiary/aromatic N) is 2. The molecule has 3 N–H and O–H groups in total. The first-order valence-corrected chi connectivity index (χ1v) is 10.9. The molecule has 2 aromatic heterocycles. The second-order valence-electron chi connectivity index (χ2n) is 8.61. The van der Waals surface area contributed by atoms with E-state index in [2.05, 4.69) is 9.97 Å². The molecule has 1 aliphatic heterocycles. The van der Waals surface area contributed by atoms with E-state index in [9.17, 15) is 9.18 Å². The van der Waals surface area contributed by atoms with Gasteiger partial charge in [0.2, 0.25) is 0 Å². The molecule has 1 saturated carbocycles. The predicted molar refractivity (Wildman–Crippen MR) is 117 cm³/mol. The van der Waals surface area contributed by atoms with Crippen molar-refractivity contribution in [1.29, 1.82) is 0 Å². The topological polar surface area (TPSA) is 84.2 Å².